The molecule has 0 radical (unpaired) electrons. The molecule has 2 aromatic rings. The van der Waals surface area contributed by atoms with Crippen molar-refractivity contribution in [2.24, 2.45) is 0 Å². The van der Waals surface area contributed by atoms with E-state index in [-0.39, 0.29) is 18.2 Å². The summed E-state index contributed by atoms with van der Waals surface area (Å²) in [5.74, 6) is 0.419. The van der Waals surface area contributed by atoms with Gasteiger partial charge in [-0.1, -0.05) is 17.7 Å². The van der Waals surface area contributed by atoms with Crippen LogP contribution in [0, 0.1) is 0 Å². The number of aliphatic hydroxyl groups is 1. The van der Waals surface area contributed by atoms with E-state index in [0.29, 0.717) is 18.4 Å². The minimum atomic E-state index is -0.0792. The van der Waals surface area contributed by atoms with Gasteiger partial charge in [-0.15, -0.1) is 11.3 Å². The van der Waals surface area contributed by atoms with Crippen molar-refractivity contribution in [2.75, 3.05) is 6.61 Å². The van der Waals surface area contributed by atoms with E-state index in [0.717, 1.165) is 22.7 Å². The first-order valence-electron chi connectivity index (χ1n) is 7.90. The zero-order valence-corrected chi connectivity index (χ0v) is 14.6. The molecule has 0 amide bonds. The molecule has 1 saturated heterocycles. The van der Waals surface area contributed by atoms with Gasteiger partial charge < -0.3 is 15.4 Å². The lowest BCUT2D eigenvalue weighted by Gasteiger charge is -2.35. The minimum Gasteiger partial charge on any atom is -0.396 e. The molecular weight excluding hydrogens is 332 g/mol. The zero-order chi connectivity index (χ0) is 16.4. The van der Waals surface area contributed by atoms with Crippen LogP contribution in [0.4, 0.5) is 0 Å². The molecule has 0 aromatic carbocycles. The molecule has 1 aliphatic rings. The maximum absolute atomic E-state index is 11.3. The van der Waals surface area contributed by atoms with E-state index in [2.05, 4.69) is 17.2 Å². The van der Waals surface area contributed by atoms with Crippen molar-refractivity contribution in [3.63, 3.8) is 0 Å². The van der Waals surface area contributed by atoms with Crippen LogP contribution in [0.3, 0.4) is 0 Å². The molecule has 3 rings (SSSR count). The molecule has 3 N–H and O–H groups in total. The fourth-order valence-electron chi connectivity index (χ4n) is 3.44. The number of H-pyrrole nitrogens is 1. The normalized spacial score (nSPS) is 24.7. The standard InChI is InChI=1S/C17H21ClN2O2S/c1-10-6-13(17-11(4-5-21)8-15(18)23-17)7-14(20-10)12-2-3-16(22)19-9-12/h2-3,8-10,13-14,20-21H,4-7H2,1H3,(H,19,22). The summed E-state index contributed by atoms with van der Waals surface area (Å²) in [6.45, 7) is 2.33. The number of halogens is 1. The van der Waals surface area contributed by atoms with Gasteiger partial charge in [0.05, 0.1) is 4.34 Å². The molecule has 1 aliphatic heterocycles. The van der Waals surface area contributed by atoms with Crippen LogP contribution in [0.1, 0.15) is 47.7 Å². The lowest BCUT2D eigenvalue weighted by molar-refractivity contribution is 0.294. The van der Waals surface area contributed by atoms with Crippen molar-refractivity contribution in [2.45, 2.75) is 44.2 Å². The molecule has 124 valence electrons. The number of piperidine rings is 1. The Morgan fingerprint density at radius 2 is 2.22 bits per heavy atom. The average molecular weight is 353 g/mol. The maximum Gasteiger partial charge on any atom is 0.247 e. The molecule has 3 unspecified atom stereocenters. The third kappa shape index (κ3) is 3.86. The molecular formula is C17H21ClN2O2S. The Balaban J connectivity index is 1.86. The van der Waals surface area contributed by atoms with E-state index >= 15 is 0 Å². The predicted octanol–water partition coefficient (Wildman–Crippen LogP) is 3.22. The van der Waals surface area contributed by atoms with Crippen molar-refractivity contribution in [3.05, 3.63) is 55.1 Å². The summed E-state index contributed by atoms with van der Waals surface area (Å²) >= 11 is 7.84. The molecule has 0 bridgehead atoms. The summed E-state index contributed by atoms with van der Waals surface area (Å²) in [4.78, 5) is 15.3. The zero-order valence-electron chi connectivity index (χ0n) is 13.0. The van der Waals surface area contributed by atoms with Gasteiger partial charge in [-0.05, 0) is 49.3 Å². The van der Waals surface area contributed by atoms with E-state index in [1.165, 1.54) is 10.4 Å². The monoisotopic (exact) mass is 352 g/mol. The molecule has 3 atom stereocenters. The number of pyridine rings is 1. The summed E-state index contributed by atoms with van der Waals surface area (Å²) in [6, 6.07) is 6.04. The molecule has 0 saturated carbocycles. The van der Waals surface area contributed by atoms with Gasteiger partial charge in [-0.25, -0.2) is 0 Å². The number of hydrogen-bond donors (Lipinski definition) is 3. The molecule has 1 fully saturated rings. The van der Waals surface area contributed by atoms with Gasteiger partial charge >= 0.3 is 0 Å². The number of aromatic nitrogens is 1. The lowest BCUT2D eigenvalue weighted by atomic mass is 9.83. The largest absolute Gasteiger partial charge is 0.396 e. The lowest BCUT2D eigenvalue weighted by Crippen LogP contribution is -2.38. The van der Waals surface area contributed by atoms with Crippen LogP contribution in [-0.4, -0.2) is 22.7 Å². The Labute approximate surface area is 144 Å². The van der Waals surface area contributed by atoms with Crippen LogP contribution in [0.2, 0.25) is 4.34 Å². The highest BCUT2D eigenvalue weighted by molar-refractivity contribution is 7.16. The van der Waals surface area contributed by atoms with Gasteiger partial charge in [0.25, 0.3) is 0 Å². The fraction of sp³-hybridized carbons (Fsp3) is 0.471. The van der Waals surface area contributed by atoms with E-state index in [1.54, 1.807) is 23.6 Å². The number of thiophene rings is 1. The van der Waals surface area contributed by atoms with Gasteiger partial charge in [0.1, 0.15) is 0 Å². The summed E-state index contributed by atoms with van der Waals surface area (Å²) in [6.07, 6.45) is 4.46. The van der Waals surface area contributed by atoms with Crippen LogP contribution >= 0.6 is 22.9 Å². The van der Waals surface area contributed by atoms with Gasteiger partial charge in [-0.3, -0.25) is 4.79 Å². The number of hydrogen-bond acceptors (Lipinski definition) is 4. The fourth-order valence-corrected chi connectivity index (χ4v) is 4.89. The maximum atomic E-state index is 11.3. The Morgan fingerprint density at radius 3 is 2.91 bits per heavy atom. The molecule has 2 aromatic heterocycles. The van der Waals surface area contributed by atoms with Gasteiger partial charge in [0, 0.05) is 35.8 Å². The number of nitrogens with one attached hydrogen (secondary N) is 2. The molecule has 0 aliphatic carbocycles. The van der Waals surface area contributed by atoms with E-state index < -0.39 is 0 Å². The van der Waals surface area contributed by atoms with E-state index in [9.17, 15) is 9.90 Å². The Morgan fingerprint density at radius 1 is 1.39 bits per heavy atom. The molecule has 6 heteroatoms. The Bertz CT molecular complexity index is 707. The number of rotatable bonds is 4. The summed E-state index contributed by atoms with van der Waals surface area (Å²) in [7, 11) is 0. The average Bonchev–Trinajstić information content (AvgIpc) is 2.88. The second kappa shape index (κ2) is 7.18. The summed E-state index contributed by atoms with van der Waals surface area (Å²) in [5.41, 5.74) is 2.19. The molecule has 23 heavy (non-hydrogen) atoms. The quantitative estimate of drug-likeness (QED) is 0.791. The second-order valence-corrected chi connectivity index (χ2v) is 7.90. The predicted molar refractivity (Wildman–Crippen MR) is 94.5 cm³/mol. The van der Waals surface area contributed by atoms with E-state index in [1.807, 2.05) is 12.1 Å². The first-order valence-corrected chi connectivity index (χ1v) is 9.10. The van der Waals surface area contributed by atoms with Gasteiger partial charge in [-0.2, -0.15) is 0 Å². The highest BCUT2D eigenvalue weighted by Gasteiger charge is 2.30. The first-order chi connectivity index (χ1) is 11.1. The smallest absolute Gasteiger partial charge is 0.247 e. The molecule has 0 spiro atoms. The summed E-state index contributed by atoms with van der Waals surface area (Å²) in [5, 5.41) is 12.9. The number of aromatic amines is 1. The minimum absolute atomic E-state index is 0.0792. The van der Waals surface area contributed by atoms with Crippen molar-refractivity contribution in [1.29, 1.82) is 0 Å². The first kappa shape index (κ1) is 16.7. The Hall–Kier alpha value is -1.14. The topological polar surface area (TPSA) is 65.1 Å². The number of aliphatic hydroxyl groups excluding tert-OH is 1. The van der Waals surface area contributed by atoms with Gasteiger partial charge in [0.2, 0.25) is 5.56 Å². The highest BCUT2D eigenvalue weighted by Crippen LogP contribution is 2.42. The van der Waals surface area contributed by atoms with Crippen molar-refractivity contribution >= 4 is 22.9 Å². The van der Waals surface area contributed by atoms with Gasteiger partial charge in [0.15, 0.2) is 0 Å². The van der Waals surface area contributed by atoms with Crippen molar-refractivity contribution in [3.8, 4) is 0 Å². The van der Waals surface area contributed by atoms with Crippen LogP contribution in [0.5, 0.6) is 0 Å². The van der Waals surface area contributed by atoms with Crippen molar-refractivity contribution in [1.82, 2.24) is 10.3 Å². The van der Waals surface area contributed by atoms with Crippen LogP contribution in [0.15, 0.2) is 29.2 Å². The van der Waals surface area contributed by atoms with Crippen LogP contribution in [-0.2, 0) is 6.42 Å². The third-order valence-electron chi connectivity index (χ3n) is 4.42. The third-order valence-corrected chi connectivity index (χ3v) is 5.89. The second-order valence-electron chi connectivity index (χ2n) is 6.19. The molecule has 4 nitrogen and oxygen atoms in total. The SMILES string of the molecule is CC1CC(c2sc(Cl)cc2CCO)CC(c2ccc(=O)[nH]c2)N1. The van der Waals surface area contributed by atoms with E-state index in [4.69, 9.17) is 11.6 Å². The Kier molecular flexibility index (Phi) is 5.21. The van der Waals surface area contributed by atoms with Crippen LogP contribution in [0.25, 0.3) is 0 Å². The van der Waals surface area contributed by atoms with Crippen LogP contribution < -0.4 is 10.9 Å². The van der Waals surface area contributed by atoms with Crippen molar-refractivity contribution < 1.29 is 5.11 Å². The summed E-state index contributed by atoms with van der Waals surface area (Å²) < 4.78 is 0.787. The molecule has 3 heterocycles. The highest BCUT2D eigenvalue weighted by atomic mass is 35.5.